The Balaban J connectivity index is 2.35. The Labute approximate surface area is 142 Å². The maximum Gasteiger partial charge on any atom is 0.175 e. The van der Waals surface area contributed by atoms with Crippen LogP contribution in [0.3, 0.4) is 0 Å². The molecule has 0 bridgehead atoms. The fraction of sp³-hybridized carbons (Fsp3) is 0.333. The molecule has 2 atom stereocenters. The Hall–Kier alpha value is -1.36. The number of benzene rings is 2. The summed E-state index contributed by atoms with van der Waals surface area (Å²) in [5.74, 6) is -0.108. The van der Waals surface area contributed by atoms with Crippen LogP contribution in [-0.2, 0) is 9.84 Å². The third kappa shape index (κ3) is 3.44. The van der Waals surface area contributed by atoms with E-state index in [0.29, 0.717) is 5.56 Å². The van der Waals surface area contributed by atoms with Crippen molar-refractivity contribution in [2.75, 3.05) is 5.75 Å². The van der Waals surface area contributed by atoms with Crippen LogP contribution >= 0.6 is 11.6 Å². The lowest BCUT2D eigenvalue weighted by atomic mass is 9.99. The lowest BCUT2D eigenvalue weighted by Gasteiger charge is -2.30. The zero-order chi connectivity index (χ0) is 17.1. The van der Waals surface area contributed by atoms with Gasteiger partial charge in [0.05, 0.1) is 0 Å². The van der Waals surface area contributed by atoms with Gasteiger partial charge in [0.15, 0.2) is 14.0 Å². The van der Waals surface area contributed by atoms with E-state index in [4.69, 9.17) is 11.6 Å². The van der Waals surface area contributed by atoms with Crippen LogP contribution in [0.15, 0.2) is 54.6 Å². The van der Waals surface area contributed by atoms with Gasteiger partial charge in [0.2, 0.25) is 0 Å². The molecule has 0 aliphatic rings. The van der Waals surface area contributed by atoms with Crippen molar-refractivity contribution in [3.05, 3.63) is 60.2 Å². The van der Waals surface area contributed by atoms with Gasteiger partial charge in [-0.15, -0.1) is 0 Å². The summed E-state index contributed by atoms with van der Waals surface area (Å²) < 4.78 is 22.8. The number of alkyl halides is 1. The standard InChI is InChI=1S/C18H21ClO3S/c1-3-18(19,23(21,22)4-2)17(20)16-12-10-15(11-13-16)14-8-6-5-7-9-14/h5-13,17,20H,3-4H2,1-2H3/t17-,18+/m0/s1. The van der Waals surface area contributed by atoms with Crippen LogP contribution in [0.1, 0.15) is 31.9 Å². The van der Waals surface area contributed by atoms with Crippen molar-refractivity contribution in [3.8, 4) is 11.1 Å². The molecule has 0 spiro atoms. The highest BCUT2D eigenvalue weighted by molar-refractivity contribution is 7.94. The Bertz CT molecular complexity index is 742. The zero-order valence-electron chi connectivity index (χ0n) is 13.2. The molecule has 0 aromatic heterocycles. The third-order valence-electron chi connectivity index (χ3n) is 4.12. The molecule has 2 rings (SSSR count). The maximum atomic E-state index is 12.3. The summed E-state index contributed by atoms with van der Waals surface area (Å²) in [7, 11) is -3.60. The van der Waals surface area contributed by atoms with Gasteiger partial charge < -0.3 is 5.11 Å². The maximum absolute atomic E-state index is 12.3. The molecule has 0 aliphatic carbocycles. The minimum Gasteiger partial charge on any atom is -0.385 e. The molecule has 2 aromatic carbocycles. The minimum atomic E-state index is -3.60. The first-order valence-corrected chi connectivity index (χ1v) is 9.63. The van der Waals surface area contributed by atoms with E-state index in [1.165, 1.54) is 6.92 Å². The molecule has 0 aliphatic heterocycles. The first-order valence-electron chi connectivity index (χ1n) is 7.60. The highest BCUT2D eigenvalue weighted by atomic mass is 35.5. The predicted molar refractivity (Wildman–Crippen MR) is 95.2 cm³/mol. The number of hydrogen-bond acceptors (Lipinski definition) is 3. The summed E-state index contributed by atoms with van der Waals surface area (Å²) >= 11 is 6.32. The summed E-state index contributed by atoms with van der Waals surface area (Å²) in [6.07, 6.45) is -1.14. The van der Waals surface area contributed by atoms with Crippen LogP contribution < -0.4 is 0 Å². The Morgan fingerprint density at radius 1 is 1.00 bits per heavy atom. The van der Waals surface area contributed by atoms with Gasteiger partial charge in [-0.3, -0.25) is 0 Å². The van der Waals surface area contributed by atoms with Crippen LogP contribution in [0.5, 0.6) is 0 Å². The monoisotopic (exact) mass is 352 g/mol. The SMILES string of the molecule is CC[C@](Cl)([C@@H](O)c1ccc(-c2ccccc2)cc1)S(=O)(=O)CC. The molecule has 5 heteroatoms. The minimum absolute atomic E-state index is 0.108. The lowest BCUT2D eigenvalue weighted by Crippen LogP contribution is -2.39. The van der Waals surface area contributed by atoms with Gasteiger partial charge in [0.1, 0.15) is 6.10 Å². The second kappa shape index (κ2) is 7.04. The van der Waals surface area contributed by atoms with Gasteiger partial charge in [0, 0.05) is 5.75 Å². The van der Waals surface area contributed by atoms with Crippen LogP contribution in [0.4, 0.5) is 0 Å². The van der Waals surface area contributed by atoms with Crippen LogP contribution in [0, 0.1) is 0 Å². The summed E-state index contributed by atoms with van der Waals surface area (Å²) in [5, 5.41) is 10.6. The van der Waals surface area contributed by atoms with E-state index in [1.807, 2.05) is 42.5 Å². The van der Waals surface area contributed by atoms with Crippen molar-refractivity contribution in [1.82, 2.24) is 0 Å². The first kappa shape index (κ1) is 18.0. The first-order chi connectivity index (χ1) is 10.9. The molecule has 0 saturated carbocycles. The molecule has 2 aromatic rings. The number of rotatable bonds is 6. The predicted octanol–water partition coefficient (Wildman–Crippen LogP) is 4.17. The number of halogens is 1. The summed E-state index contributed by atoms with van der Waals surface area (Å²) in [6.45, 7) is 3.20. The molecule has 1 N–H and O–H groups in total. The molecule has 0 heterocycles. The Morgan fingerprint density at radius 2 is 1.52 bits per heavy atom. The van der Waals surface area contributed by atoms with Gasteiger partial charge in [0.25, 0.3) is 0 Å². The van der Waals surface area contributed by atoms with Crippen molar-refractivity contribution < 1.29 is 13.5 Å². The van der Waals surface area contributed by atoms with Crippen molar-refractivity contribution in [2.45, 2.75) is 30.6 Å². The van der Waals surface area contributed by atoms with Crippen molar-refractivity contribution in [1.29, 1.82) is 0 Å². The van der Waals surface area contributed by atoms with Gasteiger partial charge >= 0.3 is 0 Å². The highest BCUT2D eigenvalue weighted by Gasteiger charge is 2.46. The third-order valence-corrected chi connectivity index (χ3v) is 7.61. The fourth-order valence-electron chi connectivity index (χ4n) is 2.56. The molecular formula is C18H21ClO3S. The van der Waals surface area contributed by atoms with E-state index in [2.05, 4.69) is 0 Å². The molecule has 0 fully saturated rings. The van der Waals surface area contributed by atoms with Crippen molar-refractivity contribution >= 4 is 21.4 Å². The molecular weight excluding hydrogens is 332 g/mol. The highest BCUT2D eigenvalue weighted by Crippen LogP contribution is 2.40. The van der Waals surface area contributed by atoms with E-state index in [-0.39, 0.29) is 12.2 Å². The molecule has 0 amide bonds. The Kier molecular flexibility index (Phi) is 5.50. The van der Waals surface area contributed by atoms with Crippen molar-refractivity contribution in [3.63, 3.8) is 0 Å². The van der Waals surface area contributed by atoms with Gasteiger partial charge in [-0.25, -0.2) is 8.42 Å². The summed E-state index contributed by atoms with van der Waals surface area (Å²) in [6, 6.07) is 17.0. The molecule has 23 heavy (non-hydrogen) atoms. The lowest BCUT2D eigenvalue weighted by molar-refractivity contribution is 0.154. The Morgan fingerprint density at radius 3 is 2.00 bits per heavy atom. The molecule has 3 nitrogen and oxygen atoms in total. The molecule has 0 saturated heterocycles. The number of sulfone groups is 1. The number of aliphatic hydroxyl groups excluding tert-OH is 1. The van der Waals surface area contributed by atoms with E-state index < -0.39 is 20.1 Å². The smallest absolute Gasteiger partial charge is 0.175 e. The number of aliphatic hydroxyl groups is 1. The molecule has 0 unspecified atom stereocenters. The zero-order valence-corrected chi connectivity index (χ0v) is 14.8. The van der Waals surface area contributed by atoms with E-state index >= 15 is 0 Å². The largest absolute Gasteiger partial charge is 0.385 e. The average Bonchev–Trinajstić information content (AvgIpc) is 2.61. The molecule has 124 valence electrons. The second-order valence-corrected chi connectivity index (χ2v) is 8.87. The van der Waals surface area contributed by atoms with Gasteiger partial charge in [-0.05, 0) is 23.1 Å². The van der Waals surface area contributed by atoms with Gasteiger partial charge in [-0.2, -0.15) is 0 Å². The second-order valence-electron chi connectivity index (χ2n) is 5.43. The van der Waals surface area contributed by atoms with E-state index in [9.17, 15) is 13.5 Å². The van der Waals surface area contributed by atoms with E-state index in [1.54, 1.807) is 19.1 Å². The van der Waals surface area contributed by atoms with Crippen LogP contribution in [-0.4, -0.2) is 23.5 Å². The average molecular weight is 353 g/mol. The van der Waals surface area contributed by atoms with Crippen molar-refractivity contribution in [2.24, 2.45) is 0 Å². The topological polar surface area (TPSA) is 54.4 Å². The van der Waals surface area contributed by atoms with E-state index in [0.717, 1.165) is 11.1 Å². The fourth-order valence-corrected chi connectivity index (χ4v) is 4.41. The number of hydrogen-bond donors (Lipinski definition) is 1. The van der Waals surface area contributed by atoms with Gasteiger partial charge in [-0.1, -0.05) is 80.0 Å². The molecule has 0 radical (unpaired) electrons. The quantitative estimate of drug-likeness (QED) is 0.794. The summed E-state index contributed by atoms with van der Waals surface area (Å²) in [4.78, 5) is 0. The van der Waals surface area contributed by atoms with Crippen LogP contribution in [0.2, 0.25) is 0 Å². The van der Waals surface area contributed by atoms with Crippen LogP contribution in [0.25, 0.3) is 11.1 Å². The summed E-state index contributed by atoms with van der Waals surface area (Å²) in [5.41, 5.74) is 2.55. The normalized spacial score (nSPS) is 15.8.